The lowest BCUT2D eigenvalue weighted by Crippen LogP contribution is -3.00. The van der Waals surface area contributed by atoms with E-state index < -0.39 is 0 Å². The lowest BCUT2D eigenvalue weighted by Gasteiger charge is -2.16. The van der Waals surface area contributed by atoms with Gasteiger partial charge in [0, 0.05) is 26.6 Å². The monoisotopic (exact) mass is 450 g/mol. The first-order valence-electron chi connectivity index (χ1n) is 8.26. The number of aromatic nitrogens is 1. The van der Waals surface area contributed by atoms with Crippen molar-refractivity contribution in [1.82, 2.24) is 4.98 Å². The van der Waals surface area contributed by atoms with Crippen LogP contribution in [0.5, 0.6) is 0 Å². The number of fused-ring (bicyclic) bond motifs is 1. The highest BCUT2D eigenvalue weighted by Gasteiger charge is 2.19. The van der Waals surface area contributed by atoms with Crippen molar-refractivity contribution in [2.75, 3.05) is 0 Å². The summed E-state index contributed by atoms with van der Waals surface area (Å²) < 4.78 is 14.7. The quantitative estimate of drug-likeness (QED) is 0.418. The summed E-state index contributed by atoms with van der Waals surface area (Å²) in [6, 6.07) is 17.3. The largest absolute Gasteiger partial charge is 1.00 e. The molecule has 4 aromatic rings. The van der Waals surface area contributed by atoms with Crippen LogP contribution in [0.4, 0.5) is 4.39 Å². The van der Waals surface area contributed by atoms with E-state index >= 15 is 0 Å². The third kappa shape index (κ3) is 3.70. The maximum atomic E-state index is 14.7. The lowest BCUT2D eigenvalue weighted by atomic mass is 9.92. The zero-order valence-electron chi connectivity index (χ0n) is 14.6. The Balaban J connectivity index is 0.00000225. The molecule has 1 aromatic heterocycles. The highest BCUT2D eigenvalue weighted by molar-refractivity contribution is 6.36. The smallest absolute Gasteiger partial charge is 0.131 e. The molecule has 0 aliphatic rings. The Morgan fingerprint density at radius 3 is 2.21 bits per heavy atom. The highest BCUT2D eigenvalue weighted by Crippen LogP contribution is 2.40. The Kier molecular flexibility index (Phi) is 6.16. The minimum atomic E-state index is -0.304. The van der Waals surface area contributed by atoms with Gasteiger partial charge in [-0.1, -0.05) is 53.0 Å². The van der Waals surface area contributed by atoms with Crippen LogP contribution in [0.2, 0.25) is 15.1 Å². The van der Waals surface area contributed by atoms with Gasteiger partial charge >= 0.3 is 0 Å². The van der Waals surface area contributed by atoms with Crippen molar-refractivity contribution >= 4 is 45.7 Å². The summed E-state index contributed by atoms with van der Waals surface area (Å²) in [7, 11) is 0. The topological polar surface area (TPSA) is 12.9 Å². The van der Waals surface area contributed by atoms with Crippen LogP contribution in [0.1, 0.15) is 5.56 Å². The van der Waals surface area contributed by atoms with Crippen LogP contribution in [0.3, 0.4) is 0 Å². The van der Waals surface area contributed by atoms with Crippen molar-refractivity contribution in [3.05, 3.63) is 87.1 Å². The molecule has 28 heavy (non-hydrogen) atoms. The molecule has 142 valence electrons. The van der Waals surface area contributed by atoms with Crippen molar-refractivity contribution in [2.45, 2.75) is 6.92 Å². The molecule has 4 rings (SSSR count). The van der Waals surface area contributed by atoms with E-state index in [4.69, 9.17) is 39.8 Å². The molecule has 0 atom stereocenters. The molecule has 3 aromatic carbocycles. The summed E-state index contributed by atoms with van der Waals surface area (Å²) in [6.45, 7) is 1.91. The maximum Gasteiger partial charge on any atom is 0.131 e. The lowest BCUT2D eigenvalue weighted by molar-refractivity contribution is -0.00000562. The standard InChI is InChI=1S/C22H13Cl3FN.ClH/c1-12-21(16-4-2-3-5-19(16)26)17-10-13(23)7-9-20(17)27-22(12)15-8-6-14(24)11-18(15)25;/h2-11H,1H3;1H/p-1. The van der Waals surface area contributed by atoms with E-state index in [1.54, 1.807) is 30.3 Å². The molecule has 0 saturated heterocycles. The van der Waals surface area contributed by atoms with Gasteiger partial charge in [-0.3, -0.25) is 0 Å². The molecule has 1 heterocycles. The van der Waals surface area contributed by atoms with Crippen molar-refractivity contribution in [3.63, 3.8) is 0 Å². The van der Waals surface area contributed by atoms with Crippen LogP contribution < -0.4 is 12.4 Å². The third-order valence-electron chi connectivity index (χ3n) is 4.52. The number of nitrogens with zero attached hydrogens (tertiary/aromatic N) is 1. The van der Waals surface area contributed by atoms with E-state index in [0.717, 1.165) is 22.1 Å². The van der Waals surface area contributed by atoms with Crippen LogP contribution in [-0.4, -0.2) is 4.98 Å². The number of hydrogen-bond acceptors (Lipinski definition) is 1. The highest BCUT2D eigenvalue weighted by atomic mass is 35.5. The summed E-state index contributed by atoms with van der Waals surface area (Å²) in [5, 5.41) is 2.40. The Bertz CT molecular complexity index is 1190. The third-order valence-corrected chi connectivity index (χ3v) is 5.30. The molecule has 1 nitrogen and oxygen atoms in total. The van der Waals surface area contributed by atoms with Gasteiger partial charge in [-0.2, -0.15) is 0 Å². The van der Waals surface area contributed by atoms with E-state index in [0.29, 0.717) is 31.8 Å². The van der Waals surface area contributed by atoms with Gasteiger partial charge in [-0.15, -0.1) is 0 Å². The van der Waals surface area contributed by atoms with Crippen molar-refractivity contribution in [3.8, 4) is 22.4 Å². The van der Waals surface area contributed by atoms with Crippen LogP contribution in [0.25, 0.3) is 33.3 Å². The first-order chi connectivity index (χ1) is 13.0. The van der Waals surface area contributed by atoms with Crippen LogP contribution in [0, 0.1) is 12.7 Å². The van der Waals surface area contributed by atoms with Gasteiger partial charge < -0.3 is 12.4 Å². The normalized spacial score (nSPS) is 10.8. The van der Waals surface area contributed by atoms with E-state index in [9.17, 15) is 4.39 Å². The Hall–Kier alpha value is -1.84. The number of benzene rings is 3. The predicted octanol–water partition coefficient (Wildman–Crippen LogP) is 4.98. The minimum absolute atomic E-state index is 0. The van der Waals surface area contributed by atoms with Crippen molar-refractivity contribution in [1.29, 1.82) is 0 Å². The average molecular weight is 452 g/mol. The van der Waals surface area contributed by atoms with Crippen molar-refractivity contribution < 1.29 is 16.8 Å². The Labute approximate surface area is 183 Å². The second-order valence-electron chi connectivity index (χ2n) is 6.23. The first-order valence-corrected chi connectivity index (χ1v) is 9.39. The van der Waals surface area contributed by atoms with Gasteiger partial charge in [0.05, 0.1) is 16.2 Å². The fourth-order valence-corrected chi connectivity index (χ4v) is 3.96. The van der Waals surface area contributed by atoms with E-state index in [1.807, 2.05) is 31.2 Å². The molecule has 0 unspecified atom stereocenters. The van der Waals surface area contributed by atoms with Gasteiger partial charge in [0.2, 0.25) is 0 Å². The minimum Gasteiger partial charge on any atom is -1.00 e. The molecule has 0 saturated carbocycles. The van der Waals surface area contributed by atoms with Crippen LogP contribution >= 0.6 is 34.8 Å². The fourth-order valence-electron chi connectivity index (χ4n) is 3.29. The molecule has 6 heteroatoms. The number of halogens is 5. The molecule has 0 amide bonds. The molecular weight excluding hydrogens is 439 g/mol. The Morgan fingerprint density at radius 1 is 0.821 bits per heavy atom. The Morgan fingerprint density at radius 2 is 1.50 bits per heavy atom. The maximum absolute atomic E-state index is 14.7. The molecule has 0 bridgehead atoms. The summed E-state index contributed by atoms with van der Waals surface area (Å²) in [5.41, 5.74) is 4.21. The van der Waals surface area contributed by atoms with Gasteiger partial charge in [0.1, 0.15) is 5.82 Å². The van der Waals surface area contributed by atoms with E-state index in [-0.39, 0.29) is 18.2 Å². The SMILES string of the molecule is Cc1c(-c2ccc(Cl)cc2Cl)nc2ccc(Cl)cc2c1-c1ccccc1F.[Cl-]. The predicted molar refractivity (Wildman–Crippen MR) is 112 cm³/mol. The summed E-state index contributed by atoms with van der Waals surface area (Å²) in [6.07, 6.45) is 0. The van der Waals surface area contributed by atoms with Gasteiger partial charge in [0.25, 0.3) is 0 Å². The summed E-state index contributed by atoms with van der Waals surface area (Å²) >= 11 is 18.7. The van der Waals surface area contributed by atoms with E-state index in [1.165, 1.54) is 6.07 Å². The number of hydrogen-bond donors (Lipinski definition) is 0. The molecule has 0 aliphatic heterocycles. The summed E-state index contributed by atoms with van der Waals surface area (Å²) in [4.78, 5) is 4.78. The molecule has 0 fully saturated rings. The van der Waals surface area contributed by atoms with Gasteiger partial charge in [0.15, 0.2) is 0 Å². The van der Waals surface area contributed by atoms with Crippen molar-refractivity contribution in [2.24, 2.45) is 0 Å². The fraction of sp³-hybridized carbons (Fsp3) is 0.0455. The molecule has 0 aliphatic carbocycles. The second kappa shape index (κ2) is 8.26. The molecule has 0 radical (unpaired) electrons. The zero-order chi connectivity index (χ0) is 19.1. The van der Waals surface area contributed by atoms with Gasteiger partial charge in [-0.05, 0) is 60.5 Å². The van der Waals surface area contributed by atoms with E-state index in [2.05, 4.69) is 0 Å². The number of rotatable bonds is 2. The average Bonchev–Trinajstić information content (AvgIpc) is 2.63. The number of pyridine rings is 1. The second-order valence-corrected chi connectivity index (χ2v) is 7.51. The molecule has 0 N–H and O–H groups in total. The summed E-state index contributed by atoms with van der Waals surface area (Å²) in [5.74, 6) is -0.304. The molecule has 0 spiro atoms. The van der Waals surface area contributed by atoms with Crippen LogP contribution in [-0.2, 0) is 0 Å². The zero-order valence-corrected chi connectivity index (χ0v) is 17.6. The molecular formula is C22H13Cl4FN-. The van der Waals surface area contributed by atoms with Crippen LogP contribution in [0.15, 0.2) is 60.7 Å². The first kappa shape index (κ1) is 20.9. The van der Waals surface area contributed by atoms with Gasteiger partial charge in [-0.25, -0.2) is 9.37 Å².